The molecule has 0 fully saturated rings. The zero-order valence-electron chi connectivity index (χ0n) is 9.35. The third-order valence-electron chi connectivity index (χ3n) is 2.54. The summed E-state index contributed by atoms with van der Waals surface area (Å²) in [4.78, 5) is 0. The first kappa shape index (κ1) is 12.3. The van der Waals surface area contributed by atoms with Gasteiger partial charge in [-0.2, -0.15) is 0 Å². The van der Waals surface area contributed by atoms with E-state index in [9.17, 15) is 4.39 Å². The van der Waals surface area contributed by atoms with E-state index in [0.717, 1.165) is 6.42 Å². The van der Waals surface area contributed by atoms with Gasteiger partial charge in [0.2, 0.25) is 0 Å². The number of benzene rings is 1. The number of halogens is 2. The molecule has 0 saturated heterocycles. The predicted molar refractivity (Wildman–Crippen MR) is 63.9 cm³/mol. The Bertz CT molecular complexity index is 325. The molecule has 0 aliphatic heterocycles. The second-order valence-electron chi connectivity index (χ2n) is 4.00. The van der Waals surface area contributed by atoms with Crippen molar-refractivity contribution < 1.29 is 4.39 Å². The average molecular weight is 230 g/mol. The lowest BCUT2D eigenvalue weighted by Crippen LogP contribution is -2.25. The molecule has 0 radical (unpaired) electrons. The fourth-order valence-electron chi connectivity index (χ4n) is 1.56. The summed E-state index contributed by atoms with van der Waals surface area (Å²) in [7, 11) is 0. The van der Waals surface area contributed by atoms with E-state index >= 15 is 0 Å². The Kier molecular flexibility index (Phi) is 4.40. The van der Waals surface area contributed by atoms with Crippen LogP contribution in [-0.2, 0) is 0 Å². The standard InChI is InChI=1S/C12H17ClFN/c1-4-10(8(2)3)15-11-7-5-6-9(13)12(11)14/h5-8,10,15H,4H2,1-3H3. The maximum absolute atomic E-state index is 13.6. The van der Waals surface area contributed by atoms with Crippen molar-refractivity contribution in [2.75, 3.05) is 5.32 Å². The molecule has 0 aliphatic carbocycles. The largest absolute Gasteiger partial charge is 0.380 e. The summed E-state index contributed by atoms with van der Waals surface area (Å²) >= 11 is 5.71. The molecule has 0 aliphatic rings. The Hall–Kier alpha value is -0.760. The summed E-state index contributed by atoms with van der Waals surface area (Å²) in [6.45, 7) is 6.31. The summed E-state index contributed by atoms with van der Waals surface area (Å²) in [5.41, 5.74) is 0.489. The minimum Gasteiger partial charge on any atom is -0.380 e. The van der Waals surface area contributed by atoms with E-state index in [1.165, 1.54) is 0 Å². The Balaban J connectivity index is 2.84. The lowest BCUT2D eigenvalue weighted by atomic mass is 10.0. The molecule has 1 aromatic rings. The maximum atomic E-state index is 13.6. The Morgan fingerprint density at radius 2 is 2.07 bits per heavy atom. The summed E-state index contributed by atoms with van der Waals surface area (Å²) in [6, 6.07) is 5.30. The van der Waals surface area contributed by atoms with Gasteiger partial charge in [-0.15, -0.1) is 0 Å². The fourth-order valence-corrected chi connectivity index (χ4v) is 1.73. The molecule has 0 spiro atoms. The molecule has 1 unspecified atom stereocenters. The van der Waals surface area contributed by atoms with Crippen molar-refractivity contribution in [2.45, 2.75) is 33.2 Å². The Labute approximate surface area is 95.6 Å². The van der Waals surface area contributed by atoms with Crippen LogP contribution in [0.2, 0.25) is 5.02 Å². The highest BCUT2D eigenvalue weighted by Crippen LogP contribution is 2.24. The number of nitrogens with one attached hydrogen (secondary N) is 1. The summed E-state index contributed by atoms with van der Waals surface area (Å²) in [5, 5.41) is 3.34. The van der Waals surface area contributed by atoms with Crippen molar-refractivity contribution in [1.82, 2.24) is 0 Å². The molecule has 1 nitrogen and oxygen atoms in total. The minimum absolute atomic E-state index is 0.165. The highest BCUT2D eigenvalue weighted by molar-refractivity contribution is 6.31. The van der Waals surface area contributed by atoms with E-state index in [4.69, 9.17) is 11.6 Å². The van der Waals surface area contributed by atoms with Crippen molar-refractivity contribution in [3.05, 3.63) is 29.0 Å². The third-order valence-corrected chi connectivity index (χ3v) is 2.83. The number of anilines is 1. The molecule has 0 bridgehead atoms. The van der Waals surface area contributed by atoms with Crippen molar-refractivity contribution in [2.24, 2.45) is 5.92 Å². The Morgan fingerprint density at radius 1 is 1.40 bits per heavy atom. The van der Waals surface area contributed by atoms with E-state index in [2.05, 4.69) is 26.1 Å². The van der Waals surface area contributed by atoms with E-state index in [1.54, 1.807) is 18.2 Å². The van der Waals surface area contributed by atoms with Crippen LogP contribution in [0.1, 0.15) is 27.2 Å². The topological polar surface area (TPSA) is 12.0 Å². The van der Waals surface area contributed by atoms with Crippen molar-refractivity contribution in [3.8, 4) is 0 Å². The smallest absolute Gasteiger partial charge is 0.164 e. The molecule has 0 aromatic heterocycles. The van der Waals surface area contributed by atoms with Gasteiger partial charge < -0.3 is 5.32 Å². The van der Waals surface area contributed by atoms with Gasteiger partial charge in [-0.25, -0.2) is 4.39 Å². The monoisotopic (exact) mass is 229 g/mol. The molecule has 1 N–H and O–H groups in total. The summed E-state index contributed by atoms with van der Waals surface area (Å²) in [5.74, 6) is 0.103. The normalized spacial score (nSPS) is 12.9. The first-order valence-electron chi connectivity index (χ1n) is 5.26. The van der Waals surface area contributed by atoms with Crippen LogP contribution in [0, 0.1) is 11.7 Å². The van der Waals surface area contributed by atoms with Crippen LogP contribution in [0.5, 0.6) is 0 Å². The second kappa shape index (κ2) is 5.36. The van der Waals surface area contributed by atoms with Gasteiger partial charge in [0.25, 0.3) is 0 Å². The van der Waals surface area contributed by atoms with Gasteiger partial charge in [0.05, 0.1) is 10.7 Å². The lowest BCUT2D eigenvalue weighted by Gasteiger charge is -2.22. The highest BCUT2D eigenvalue weighted by Gasteiger charge is 2.13. The number of hydrogen-bond donors (Lipinski definition) is 1. The second-order valence-corrected chi connectivity index (χ2v) is 4.41. The molecule has 0 heterocycles. The van der Waals surface area contributed by atoms with Crippen LogP contribution in [0.3, 0.4) is 0 Å². The van der Waals surface area contributed by atoms with Gasteiger partial charge in [-0.3, -0.25) is 0 Å². The quantitative estimate of drug-likeness (QED) is 0.811. The molecule has 0 amide bonds. The van der Waals surface area contributed by atoms with Gasteiger partial charge in [-0.05, 0) is 24.5 Å². The number of hydrogen-bond acceptors (Lipinski definition) is 1. The summed E-state index contributed by atoms with van der Waals surface area (Å²) < 4.78 is 13.6. The van der Waals surface area contributed by atoms with Crippen molar-refractivity contribution in [3.63, 3.8) is 0 Å². The fraction of sp³-hybridized carbons (Fsp3) is 0.500. The van der Waals surface area contributed by atoms with Crippen LogP contribution in [0.15, 0.2) is 18.2 Å². The van der Waals surface area contributed by atoms with Gasteiger partial charge in [-0.1, -0.05) is 38.4 Å². The van der Waals surface area contributed by atoms with Gasteiger partial charge >= 0.3 is 0 Å². The van der Waals surface area contributed by atoms with E-state index < -0.39 is 0 Å². The first-order valence-corrected chi connectivity index (χ1v) is 5.64. The molecule has 1 aromatic carbocycles. The van der Waals surface area contributed by atoms with Gasteiger partial charge in [0.15, 0.2) is 5.82 Å². The van der Waals surface area contributed by atoms with E-state index in [0.29, 0.717) is 11.6 Å². The van der Waals surface area contributed by atoms with Crippen LogP contribution < -0.4 is 5.32 Å². The van der Waals surface area contributed by atoms with Crippen LogP contribution in [0.4, 0.5) is 10.1 Å². The van der Waals surface area contributed by atoms with E-state index in [-0.39, 0.29) is 16.9 Å². The maximum Gasteiger partial charge on any atom is 0.164 e. The molecule has 0 saturated carbocycles. The molecule has 3 heteroatoms. The van der Waals surface area contributed by atoms with Gasteiger partial charge in [0, 0.05) is 6.04 Å². The Morgan fingerprint density at radius 3 is 2.60 bits per heavy atom. The predicted octanol–water partition coefficient (Wildman–Crippen LogP) is 4.33. The average Bonchev–Trinajstić information content (AvgIpc) is 2.19. The SMILES string of the molecule is CCC(Nc1cccc(Cl)c1F)C(C)C. The minimum atomic E-state index is -0.363. The van der Waals surface area contributed by atoms with Crippen LogP contribution in [-0.4, -0.2) is 6.04 Å². The first-order chi connectivity index (χ1) is 7.06. The molecular weight excluding hydrogens is 213 g/mol. The van der Waals surface area contributed by atoms with Crippen LogP contribution in [0.25, 0.3) is 0 Å². The molecule has 1 rings (SSSR count). The van der Waals surface area contributed by atoms with Crippen molar-refractivity contribution >= 4 is 17.3 Å². The number of rotatable bonds is 4. The van der Waals surface area contributed by atoms with E-state index in [1.807, 2.05) is 0 Å². The summed E-state index contributed by atoms with van der Waals surface area (Å²) in [6.07, 6.45) is 0.962. The molecule has 84 valence electrons. The van der Waals surface area contributed by atoms with Crippen molar-refractivity contribution in [1.29, 1.82) is 0 Å². The molecule has 1 atom stereocenters. The van der Waals surface area contributed by atoms with Crippen LogP contribution >= 0.6 is 11.6 Å². The molecule has 15 heavy (non-hydrogen) atoms. The lowest BCUT2D eigenvalue weighted by molar-refractivity contribution is 0.507. The van der Waals surface area contributed by atoms with Gasteiger partial charge in [0.1, 0.15) is 0 Å². The molecular formula is C12H17ClFN. The zero-order chi connectivity index (χ0) is 11.4. The highest BCUT2D eigenvalue weighted by atomic mass is 35.5. The third kappa shape index (κ3) is 3.10. The zero-order valence-corrected chi connectivity index (χ0v) is 10.1.